The monoisotopic (exact) mass is 299 g/mol. The van der Waals surface area contributed by atoms with Crippen LogP contribution in [0, 0.1) is 11.7 Å². The van der Waals surface area contributed by atoms with Crippen LogP contribution in [0.2, 0.25) is 0 Å². The largest absolute Gasteiger partial charge is 0.299 e. The highest BCUT2D eigenvalue weighted by atomic mass is 79.9. The van der Waals surface area contributed by atoms with E-state index in [1.807, 2.05) is 12.1 Å². The molecule has 3 heteroatoms. The van der Waals surface area contributed by atoms with E-state index < -0.39 is 0 Å². The summed E-state index contributed by atoms with van der Waals surface area (Å²) >= 11 is 3.29. The first-order chi connectivity index (χ1) is 8.19. The molecule has 2 rings (SSSR count). The molecule has 0 aromatic heterocycles. The average Bonchev–Trinajstić information content (AvgIpc) is 2.71. The number of hydrogen-bond donors (Lipinski definition) is 0. The summed E-state index contributed by atoms with van der Waals surface area (Å²) in [5, 5.41) is 0. The van der Waals surface area contributed by atoms with Gasteiger partial charge in [0.1, 0.15) is 5.82 Å². The predicted octanol–water partition coefficient (Wildman–Crippen LogP) is 4.21. The van der Waals surface area contributed by atoms with Crippen LogP contribution < -0.4 is 0 Å². The summed E-state index contributed by atoms with van der Waals surface area (Å²) in [4.78, 5) is 2.37. The molecule has 1 atom stereocenters. The van der Waals surface area contributed by atoms with E-state index in [2.05, 4.69) is 27.8 Å². The van der Waals surface area contributed by atoms with Gasteiger partial charge < -0.3 is 0 Å². The second-order valence-electron chi connectivity index (χ2n) is 4.91. The summed E-state index contributed by atoms with van der Waals surface area (Å²) in [7, 11) is 0. The zero-order valence-electron chi connectivity index (χ0n) is 10.3. The van der Waals surface area contributed by atoms with Crippen LogP contribution in [0.4, 0.5) is 4.39 Å². The molecule has 1 fully saturated rings. The molecule has 0 spiro atoms. The van der Waals surface area contributed by atoms with Crippen molar-refractivity contribution in [3.8, 4) is 0 Å². The van der Waals surface area contributed by atoms with Gasteiger partial charge in [0.25, 0.3) is 0 Å². The highest BCUT2D eigenvalue weighted by molar-refractivity contribution is 9.10. The molecular formula is C14H19BrFN. The third kappa shape index (κ3) is 3.52. The Morgan fingerprint density at radius 2 is 2.29 bits per heavy atom. The van der Waals surface area contributed by atoms with Crippen molar-refractivity contribution in [2.24, 2.45) is 5.92 Å². The van der Waals surface area contributed by atoms with Crippen molar-refractivity contribution in [1.29, 1.82) is 0 Å². The van der Waals surface area contributed by atoms with Crippen molar-refractivity contribution in [3.05, 3.63) is 34.1 Å². The van der Waals surface area contributed by atoms with Gasteiger partial charge in [0, 0.05) is 23.1 Å². The molecule has 1 nitrogen and oxygen atoms in total. The van der Waals surface area contributed by atoms with E-state index in [0.29, 0.717) is 0 Å². The molecule has 1 aromatic carbocycles. The van der Waals surface area contributed by atoms with Gasteiger partial charge in [-0.3, -0.25) is 4.90 Å². The van der Waals surface area contributed by atoms with Crippen LogP contribution >= 0.6 is 15.9 Å². The fraction of sp³-hybridized carbons (Fsp3) is 0.571. The van der Waals surface area contributed by atoms with Crippen molar-refractivity contribution in [3.63, 3.8) is 0 Å². The van der Waals surface area contributed by atoms with Crippen molar-refractivity contribution in [2.75, 3.05) is 13.1 Å². The highest BCUT2D eigenvalue weighted by Gasteiger charge is 2.22. The lowest BCUT2D eigenvalue weighted by Gasteiger charge is -2.16. The topological polar surface area (TPSA) is 3.24 Å². The van der Waals surface area contributed by atoms with Gasteiger partial charge in [-0.25, -0.2) is 4.39 Å². The lowest BCUT2D eigenvalue weighted by atomic mass is 10.0. The van der Waals surface area contributed by atoms with Crippen molar-refractivity contribution in [2.45, 2.75) is 32.7 Å². The Morgan fingerprint density at radius 1 is 1.47 bits per heavy atom. The summed E-state index contributed by atoms with van der Waals surface area (Å²) in [5.74, 6) is 0.719. The minimum absolute atomic E-state index is 0.0988. The Morgan fingerprint density at radius 3 is 3.00 bits per heavy atom. The molecule has 0 saturated carbocycles. The first kappa shape index (κ1) is 13.0. The predicted molar refractivity (Wildman–Crippen MR) is 72.4 cm³/mol. The zero-order chi connectivity index (χ0) is 12.3. The van der Waals surface area contributed by atoms with Gasteiger partial charge in [-0.1, -0.05) is 35.3 Å². The number of hydrogen-bond acceptors (Lipinski definition) is 1. The molecule has 1 aliphatic heterocycles. The molecule has 94 valence electrons. The van der Waals surface area contributed by atoms with Crippen molar-refractivity contribution < 1.29 is 4.39 Å². The lowest BCUT2D eigenvalue weighted by molar-refractivity contribution is 0.308. The highest BCUT2D eigenvalue weighted by Crippen LogP contribution is 2.24. The fourth-order valence-electron chi connectivity index (χ4n) is 2.59. The van der Waals surface area contributed by atoms with E-state index in [1.165, 1.54) is 19.3 Å². The van der Waals surface area contributed by atoms with E-state index >= 15 is 0 Å². The fourth-order valence-corrected chi connectivity index (χ4v) is 2.92. The van der Waals surface area contributed by atoms with Crippen LogP contribution in [0.3, 0.4) is 0 Å². The van der Waals surface area contributed by atoms with Gasteiger partial charge in [0.2, 0.25) is 0 Å². The molecular weight excluding hydrogens is 281 g/mol. The molecule has 0 bridgehead atoms. The molecule has 1 aromatic rings. The van der Waals surface area contributed by atoms with Crippen LogP contribution in [0.5, 0.6) is 0 Å². The second-order valence-corrected chi connectivity index (χ2v) is 5.83. The molecule has 1 aliphatic rings. The van der Waals surface area contributed by atoms with Crippen molar-refractivity contribution in [1.82, 2.24) is 4.90 Å². The number of nitrogens with zero attached hydrogens (tertiary/aromatic N) is 1. The van der Waals surface area contributed by atoms with Crippen LogP contribution in [0.1, 0.15) is 31.7 Å². The quantitative estimate of drug-likeness (QED) is 0.805. The Balaban J connectivity index is 1.93. The first-order valence-corrected chi connectivity index (χ1v) is 7.14. The molecule has 17 heavy (non-hydrogen) atoms. The van der Waals surface area contributed by atoms with E-state index in [4.69, 9.17) is 0 Å². The standard InChI is InChI=1S/C14H19BrFN/c1-2-3-11-6-7-17(9-11)10-12-4-5-13(15)8-14(12)16/h4-5,8,11H,2-3,6-7,9-10H2,1H3. The zero-order valence-corrected chi connectivity index (χ0v) is 11.8. The lowest BCUT2D eigenvalue weighted by Crippen LogP contribution is -2.20. The molecule has 0 N–H and O–H groups in total. The molecule has 1 unspecified atom stereocenters. The van der Waals surface area contributed by atoms with Gasteiger partial charge in [-0.15, -0.1) is 0 Å². The van der Waals surface area contributed by atoms with E-state index in [1.54, 1.807) is 6.07 Å². The van der Waals surface area contributed by atoms with E-state index in [-0.39, 0.29) is 5.82 Å². The van der Waals surface area contributed by atoms with Crippen LogP contribution in [0.15, 0.2) is 22.7 Å². The minimum atomic E-state index is -0.0988. The first-order valence-electron chi connectivity index (χ1n) is 6.35. The SMILES string of the molecule is CCCC1CCN(Cc2ccc(Br)cc2F)C1. The van der Waals surface area contributed by atoms with E-state index in [9.17, 15) is 4.39 Å². The minimum Gasteiger partial charge on any atom is -0.299 e. The number of rotatable bonds is 4. The number of benzene rings is 1. The maximum Gasteiger partial charge on any atom is 0.128 e. The Kier molecular flexibility index (Phi) is 4.57. The average molecular weight is 300 g/mol. The molecule has 1 heterocycles. The normalized spacial score (nSPS) is 21.0. The molecule has 0 radical (unpaired) electrons. The van der Waals surface area contributed by atoms with Gasteiger partial charge in [0.15, 0.2) is 0 Å². The summed E-state index contributed by atoms with van der Waals surface area (Å²) in [6.45, 7) is 5.22. The third-order valence-electron chi connectivity index (χ3n) is 3.48. The van der Waals surface area contributed by atoms with Gasteiger partial charge in [-0.2, -0.15) is 0 Å². The summed E-state index contributed by atoms with van der Waals surface area (Å²) in [6.07, 6.45) is 3.83. The summed E-state index contributed by atoms with van der Waals surface area (Å²) < 4.78 is 14.5. The molecule has 0 aliphatic carbocycles. The molecule has 0 amide bonds. The van der Waals surface area contributed by atoms with E-state index in [0.717, 1.165) is 35.6 Å². The van der Waals surface area contributed by atoms with Gasteiger partial charge in [-0.05, 0) is 37.4 Å². The Bertz CT molecular complexity index is 380. The smallest absolute Gasteiger partial charge is 0.128 e. The Hall–Kier alpha value is -0.410. The van der Waals surface area contributed by atoms with Crippen LogP contribution in [-0.2, 0) is 6.54 Å². The van der Waals surface area contributed by atoms with Crippen LogP contribution in [0.25, 0.3) is 0 Å². The van der Waals surface area contributed by atoms with Gasteiger partial charge in [0.05, 0.1) is 0 Å². The summed E-state index contributed by atoms with van der Waals surface area (Å²) in [5.41, 5.74) is 0.811. The molecule has 1 saturated heterocycles. The second kappa shape index (κ2) is 5.96. The maximum absolute atomic E-state index is 13.7. The third-order valence-corrected chi connectivity index (χ3v) is 3.97. The van der Waals surface area contributed by atoms with Crippen LogP contribution in [-0.4, -0.2) is 18.0 Å². The van der Waals surface area contributed by atoms with Gasteiger partial charge >= 0.3 is 0 Å². The Labute approximate surface area is 111 Å². The number of halogens is 2. The number of likely N-dealkylation sites (tertiary alicyclic amines) is 1. The maximum atomic E-state index is 13.7. The summed E-state index contributed by atoms with van der Waals surface area (Å²) in [6, 6.07) is 5.35. The van der Waals surface area contributed by atoms with Crippen molar-refractivity contribution >= 4 is 15.9 Å².